The molecule has 12 heteroatoms. The van der Waals surface area contributed by atoms with Gasteiger partial charge >= 0.3 is 6.18 Å². The second-order valence-corrected chi connectivity index (χ2v) is 11.6. The van der Waals surface area contributed by atoms with Crippen molar-refractivity contribution in [2.24, 2.45) is 0 Å². The molecule has 1 aliphatic heterocycles. The lowest BCUT2D eigenvalue weighted by Crippen LogP contribution is -2.15. The molecule has 220 valence electrons. The number of fused-ring (bicyclic) bond motifs is 1. The summed E-state index contributed by atoms with van der Waals surface area (Å²) in [5, 5.41) is 6.38. The molecule has 0 saturated heterocycles. The highest BCUT2D eigenvalue weighted by Crippen LogP contribution is 2.40. The predicted molar refractivity (Wildman–Crippen MR) is 151 cm³/mol. The number of aromatic nitrogens is 1. The summed E-state index contributed by atoms with van der Waals surface area (Å²) in [7, 11) is -4.07. The highest BCUT2D eigenvalue weighted by Gasteiger charge is 2.36. The van der Waals surface area contributed by atoms with Gasteiger partial charge < -0.3 is 14.6 Å². The van der Waals surface area contributed by atoms with Crippen molar-refractivity contribution in [3.05, 3.63) is 94.2 Å². The van der Waals surface area contributed by atoms with Gasteiger partial charge in [-0.25, -0.2) is 8.42 Å². The molecule has 42 heavy (non-hydrogen) atoms. The molecule has 0 saturated carbocycles. The second-order valence-electron chi connectivity index (χ2n) is 9.99. The first-order valence-electron chi connectivity index (χ1n) is 13.2. The molecule has 1 unspecified atom stereocenters. The molecule has 3 aromatic carbocycles. The molecule has 1 amide bonds. The van der Waals surface area contributed by atoms with Gasteiger partial charge in [0.05, 0.1) is 23.0 Å². The molecule has 0 spiro atoms. The monoisotopic (exact) mass is 599 g/mol. The topological polar surface area (TPSA) is 111 Å². The van der Waals surface area contributed by atoms with Gasteiger partial charge in [0.25, 0.3) is 10.0 Å². The molecule has 8 nitrogen and oxygen atoms in total. The van der Waals surface area contributed by atoms with Crippen LogP contribution in [-0.4, -0.2) is 26.1 Å². The Balaban J connectivity index is 1.49. The molecule has 2 N–H and O–H groups in total. The zero-order valence-corrected chi connectivity index (χ0v) is 23.8. The van der Waals surface area contributed by atoms with Gasteiger partial charge in [-0.1, -0.05) is 47.6 Å². The third-order valence-corrected chi connectivity index (χ3v) is 8.65. The van der Waals surface area contributed by atoms with Crippen LogP contribution in [0.3, 0.4) is 0 Å². The number of nitrogens with zero attached hydrogens (tertiary/aromatic N) is 1. The molecule has 1 aromatic heterocycles. The first-order chi connectivity index (χ1) is 19.9. The van der Waals surface area contributed by atoms with E-state index in [1.165, 1.54) is 12.1 Å². The summed E-state index contributed by atoms with van der Waals surface area (Å²) < 4.78 is 79.8. The molecular formula is C30H28F3N3O5S. The van der Waals surface area contributed by atoms with E-state index < -0.39 is 27.7 Å². The van der Waals surface area contributed by atoms with Crippen LogP contribution < -0.4 is 10.0 Å². The minimum Gasteiger partial charge on any atom is -0.377 e. The third kappa shape index (κ3) is 5.77. The van der Waals surface area contributed by atoms with Crippen LogP contribution in [0.15, 0.2) is 70.1 Å². The lowest BCUT2D eigenvalue weighted by Gasteiger charge is -2.17. The molecule has 2 heterocycles. The van der Waals surface area contributed by atoms with E-state index in [-0.39, 0.29) is 35.3 Å². The first-order valence-corrected chi connectivity index (χ1v) is 14.6. The number of amides is 1. The number of rotatable bonds is 9. The Labute approximate surface area is 240 Å². The molecule has 5 rings (SSSR count). The number of halogens is 3. The third-order valence-electron chi connectivity index (χ3n) is 7.26. The van der Waals surface area contributed by atoms with E-state index in [9.17, 15) is 26.4 Å². The van der Waals surface area contributed by atoms with Crippen molar-refractivity contribution >= 4 is 27.4 Å². The van der Waals surface area contributed by atoms with E-state index in [0.29, 0.717) is 40.2 Å². The number of hydrogen-bond acceptors (Lipinski definition) is 6. The minimum atomic E-state index is -4.52. The minimum absolute atomic E-state index is 0.0279. The summed E-state index contributed by atoms with van der Waals surface area (Å²) in [4.78, 5) is 12.8. The molecule has 4 aromatic rings. The van der Waals surface area contributed by atoms with Crippen LogP contribution >= 0.6 is 0 Å². The Kier molecular flexibility index (Phi) is 7.86. The van der Waals surface area contributed by atoms with Crippen LogP contribution in [0.4, 0.5) is 24.7 Å². The summed E-state index contributed by atoms with van der Waals surface area (Å²) in [6, 6.07) is 15.2. The number of alkyl halides is 3. The summed E-state index contributed by atoms with van der Waals surface area (Å²) in [6.07, 6.45) is -4.29. The maximum absolute atomic E-state index is 13.5. The number of hydrogen-bond donors (Lipinski definition) is 2. The van der Waals surface area contributed by atoms with Crippen molar-refractivity contribution in [1.82, 2.24) is 5.16 Å². The fourth-order valence-corrected chi connectivity index (χ4v) is 6.21. The van der Waals surface area contributed by atoms with Gasteiger partial charge in [0.2, 0.25) is 5.91 Å². The van der Waals surface area contributed by atoms with Crippen LogP contribution in [-0.2, 0) is 38.8 Å². The van der Waals surface area contributed by atoms with Gasteiger partial charge in [-0.3, -0.25) is 9.52 Å². The smallest absolute Gasteiger partial charge is 0.377 e. The lowest BCUT2D eigenvalue weighted by atomic mass is 9.90. The van der Waals surface area contributed by atoms with Crippen LogP contribution in [0.5, 0.6) is 0 Å². The number of benzene rings is 3. The molecule has 0 aliphatic carbocycles. The van der Waals surface area contributed by atoms with E-state index in [1.807, 2.05) is 13.0 Å². The highest BCUT2D eigenvalue weighted by atomic mass is 32.2. The standard InChI is InChI=1S/C30H28F3N3O5S/c1-4-40-16-20-13-19(14-25-23-12-10-21(30(31,32)33)15-26(23)34-29(25)37)9-11-22(20)24-7-5-6-8-27(24)42(38,39)36-28-17(2)18(3)41-35-28/h5-13,15,25H,4,14,16H2,1-3H3,(H,34,37)(H,35,36). The zero-order chi connectivity index (χ0) is 30.2. The summed E-state index contributed by atoms with van der Waals surface area (Å²) in [5.41, 5.74) is 2.87. The van der Waals surface area contributed by atoms with Gasteiger partial charge in [-0.15, -0.1) is 0 Å². The number of carbonyl (C=O) groups is 1. The van der Waals surface area contributed by atoms with Crippen molar-refractivity contribution < 1.29 is 35.6 Å². The fraction of sp³-hybridized carbons (Fsp3) is 0.267. The molecule has 0 bridgehead atoms. The fourth-order valence-electron chi connectivity index (χ4n) is 4.93. The van der Waals surface area contributed by atoms with E-state index in [4.69, 9.17) is 9.26 Å². The molecule has 0 radical (unpaired) electrons. The van der Waals surface area contributed by atoms with Crippen molar-refractivity contribution in [3.8, 4) is 11.1 Å². The quantitative estimate of drug-likeness (QED) is 0.225. The van der Waals surface area contributed by atoms with Crippen LogP contribution in [0.1, 0.15) is 46.4 Å². The van der Waals surface area contributed by atoms with Crippen LogP contribution in [0.2, 0.25) is 0 Å². The van der Waals surface area contributed by atoms with Gasteiger partial charge in [0.1, 0.15) is 5.76 Å². The van der Waals surface area contributed by atoms with Gasteiger partial charge in [-0.2, -0.15) is 13.2 Å². The predicted octanol–water partition coefficient (Wildman–Crippen LogP) is 6.59. The average molecular weight is 600 g/mol. The SMILES string of the molecule is CCOCc1cc(CC2C(=O)Nc3cc(C(F)(F)F)ccc32)ccc1-c1ccccc1S(=O)(=O)Nc1noc(C)c1C. The van der Waals surface area contributed by atoms with E-state index in [2.05, 4.69) is 15.2 Å². The Hall–Kier alpha value is -4.16. The van der Waals surface area contributed by atoms with Crippen molar-refractivity contribution in [2.45, 2.75) is 50.8 Å². The Morgan fingerprint density at radius 3 is 2.50 bits per heavy atom. The number of aryl methyl sites for hydroxylation is 1. The molecule has 1 aliphatic rings. The molecular weight excluding hydrogens is 571 g/mol. The van der Waals surface area contributed by atoms with Crippen molar-refractivity contribution in [2.75, 3.05) is 16.6 Å². The summed E-state index contributed by atoms with van der Waals surface area (Å²) >= 11 is 0. The summed E-state index contributed by atoms with van der Waals surface area (Å²) in [6.45, 7) is 5.81. The van der Waals surface area contributed by atoms with Crippen LogP contribution in [0, 0.1) is 13.8 Å². The Morgan fingerprint density at radius 2 is 1.81 bits per heavy atom. The summed E-state index contributed by atoms with van der Waals surface area (Å²) in [5.74, 6) is -0.473. The first kappa shape index (κ1) is 29.3. The van der Waals surface area contributed by atoms with E-state index >= 15 is 0 Å². The number of anilines is 2. The number of ether oxygens (including phenoxy) is 1. The number of nitrogens with one attached hydrogen (secondary N) is 2. The number of carbonyl (C=O) groups excluding carboxylic acids is 1. The normalized spacial score (nSPS) is 15.0. The van der Waals surface area contributed by atoms with Crippen molar-refractivity contribution in [3.63, 3.8) is 0 Å². The lowest BCUT2D eigenvalue weighted by molar-refractivity contribution is -0.137. The molecule has 1 atom stereocenters. The maximum Gasteiger partial charge on any atom is 0.416 e. The Bertz CT molecular complexity index is 1770. The zero-order valence-electron chi connectivity index (χ0n) is 23.0. The molecule has 0 fully saturated rings. The van der Waals surface area contributed by atoms with E-state index in [0.717, 1.165) is 17.7 Å². The van der Waals surface area contributed by atoms with Crippen molar-refractivity contribution in [1.29, 1.82) is 0 Å². The van der Waals surface area contributed by atoms with Gasteiger partial charge in [-0.05, 0) is 67.6 Å². The highest BCUT2D eigenvalue weighted by molar-refractivity contribution is 7.92. The second kappa shape index (κ2) is 11.3. The Morgan fingerprint density at radius 1 is 1.05 bits per heavy atom. The van der Waals surface area contributed by atoms with Gasteiger partial charge in [0, 0.05) is 23.4 Å². The van der Waals surface area contributed by atoms with E-state index in [1.54, 1.807) is 44.2 Å². The van der Waals surface area contributed by atoms with Gasteiger partial charge in [0.15, 0.2) is 5.82 Å². The largest absolute Gasteiger partial charge is 0.416 e. The maximum atomic E-state index is 13.5. The van der Waals surface area contributed by atoms with Crippen LogP contribution in [0.25, 0.3) is 11.1 Å². The number of sulfonamides is 1. The average Bonchev–Trinajstić information content (AvgIpc) is 3.43.